The lowest BCUT2D eigenvalue weighted by Gasteiger charge is -2.28. The van der Waals surface area contributed by atoms with Crippen LogP contribution in [0.1, 0.15) is 20.3 Å². The maximum atomic E-state index is 14.2. The number of aromatic nitrogens is 3. The van der Waals surface area contributed by atoms with Crippen molar-refractivity contribution in [3.05, 3.63) is 40.7 Å². The summed E-state index contributed by atoms with van der Waals surface area (Å²) in [6.45, 7) is 5.49. The number of fused-ring (bicyclic) bond motifs is 1. The van der Waals surface area contributed by atoms with E-state index in [9.17, 15) is 14.0 Å². The second kappa shape index (κ2) is 6.39. The smallest absolute Gasteiger partial charge is 0.255 e. The lowest BCUT2D eigenvalue weighted by Crippen LogP contribution is -2.40. The van der Waals surface area contributed by atoms with E-state index in [-0.39, 0.29) is 28.5 Å². The number of nitrogens with zero attached hydrogens (tertiary/aromatic N) is 5. The molecule has 2 aromatic rings. The van der Waals surface area contributed by atoms with Crippen LogP contribution in [0.25, 0.3) is 11.3 Å². The van der Waals surface area contributed by atoms with Crippen LogP contribution in [0.5, 0.6) is 0 Å². The first-order valence-corrected chi connectivity index (χ1v) is 9.46. The SMILES string of the molecule is CCC(=O)N1C[C@@H]2[C@@H](N(C)c3nc(-c4ccncc4F)cc(=O)n3C)[C@]2(C)C1. The maximum absolute atomic E-state index is 14.2. The van der Waals surface area contributed by atoms with Gasteiger partial charge in [0.05, 0.1) is 11.9 Å². The minimum absolute atomic E-state index is 0.0186. The number of piperidine rings is 1. The highest BCUT2D eigenvalue weighted by Gasteiger charge is 2.68. The summed E-state index contributed by atoms with van der Waals surface area (Å²) in [5.74, 6) is 0.496. The third kappa shape index (κ3) is 2.70. The number of carbonyl (C=O) groups excluding carboxylic acids is 1. The zero-order valence-corrected chi connectivity index (χ0v) is 16.5. The highest BCUT2D eigenvalue weighted by molar-refractivity contribution is 5.76. The van der Waals surface area contributed by atoms with Crippen LogP contribution < -0.4 is 10.5 Å². The van der Waals surface area contributed by atoms with E-state index in [0.29, 0.717) is 30.5 Å². The molecule has 7 nitrogen and oxygen atoms in total. The van der Waals surface area contributed by atoms with Gasteiger partial charge in [0.1, 0.15) is 0 Å². The molecule has 0 aromatic carbocycles. The summed E-state index contributed by atoms with van der Waals surface area (Å²) in [7, 11) is 3.58. The number of halogens is 1. The van der Waals surface area contributed by atoms with E-state index in [4.69, 9.17) is 0 Å². The minimum Gasteiger partial charge on any atom is -0.342 e. The predicted molar refractivity (Wildman–Crippen MR) is 103 cm³/mol. The number of anilines is 1. The molecule has 2 fully saturated rings. The Bertz CT molecular complexity index is 1010. The molecule has 148 valence electrons. The van der Waals surface area contributed by atoms with Crippen molar-refractivity contribution in [1.82, 2.24) is 19.4 Å². The van der Waals surface area contributed by atoms with Crippen LogP contribution in [-0.2, 0) is 11.8 Å². The second-order valence-electron chi connectivity index (χ2n) is 7.99. The second-order valence-corrected chi connectivity index (χ2v) is 7.99. The average molecular weight is 385 g/mol. The molecule has 4 rings (SSSR count). The van der Waals surface area contributed by atoms with Gasteiger partial charge in [0.15, 0.2) is 5.82 Å². The first kappa shape index (κ1) is 18.6. The Morgan fingerprint density at radius 3 is 2.82 bits per heavy atom. The van der Waals surface area contributed by atoms with E-state index >= 15 is 0 Å². The van der Waals surface area contributed by atoms with Gasteiger partial charge in [-0.2, -0.15) is 0 Å². The number of hydrogen-bond acceptors (Lipinski definition) is 5. The molecule has 0 N–H and O–H groups in total. The van der Waals surface area contributed by atoms with Gasteiger partial charge in [0.2, 0.25) is 11.9 Å². The molecular formula is C20H24FN5O2. The van der Waals surface area contributed by atoms with Crippen molar-refractivity contribution >= 4 is 11.9 Å². The van der Waals surface area contributed by atoms with E-state index in [1.807, 2.05) is 23.8 Å². The van der Waals surface area contributed by atoms with Gasteiger partial charge in [0.25, 0.3) is 5.56 Å². The van der Waals surface area contributed by atoms with Gasteiger partial charge < -0.3 is 9.80 Å². The third-order valence-electron chi connectivity index (χ3n) is 6.29. The van der Waals surface area contributed by atoms with E-state index in [2.05, 4.69) is 16.9 Å². The zero-order valence-electron chi connectivity index (χ0n) is 16.5. The molecule has 1 amide bonds. The molecule has 0 spiro atoms. The number of pyridine rings is 1. The summed E-state index contributed by atoms with van der Waals surface area (Å²) in [5.41, 5.74) is 0.282. The Morgan fingerprint density at radius 2 is 2.21 bits per heavy atom. The minimum atomic E-state index is -0.513. The predicted octanol–water partition coefficient (Wildman–Crippen LogP) is 1.67. The Balaban J connectivity index is 1.65. The molecule has 1 aliphatic heterocycles. The Labute approximate surface area is 162 Å². The van der Waals surface area contributed by atoms with Gasteiger partial charge >= 0.3 is 0 Å². The largest absolute Gasteiger partial charge is 0.342 e. The monoisotopic (exact) mass is 385 g/mol. The van der Waals surface area contributed by atoms with Crippen molar-refractivity contribution in [2.75, 3.05) is 25.0 Å². The summed E-state index contributed by atoms with van der Waals surface area (Å²) in [6, 6.07) is 3.04. The van der Waals surface area contributed by atoms with Crippen LogP contribution in [0.4, 0.5) is 10.3 Å². The first-order chi connectivity index (χ1) is 13.3. The molecule has 8 heteroatoms. The van der Waals surface area contributed by atoms with Crippen LogP contribution >= 0.6 is 0 Å². The van der Waals surface area contributed by atoms with Crippen LogP contribution in [0.2, 0.25) is 0 Å². The summed E-state index contributed by atoms with van der Waals surface area (Å²) >= 11 is 0. The van der Waals surface area contributed by atoms with Crippen molar-refractivity contribution in [3.8, 4) is 11.3 Å². The van der Waals surface area contributed by atoms with Crippen LogP contribution in [0, 0.1) is 17.2 Å². The molecular weight excluding hydrogens is 361 g/mol. The number of hydrogen-bond donors (Lipinski definition) is 0. The first-order valence-electron chi connectivity index (χ1n) is 9.46. The van der Waals surface area contributed by atoms with Gasteiger partial charge in [-0.1, -0.05) is 13.8 Å². The molecule has 0 bridgehead atoms. The maximum Gasteiger partial charge on any atom is 0.255 e. The summed E-state index contributed by atoms with van der Waals surface area (Å²) in [5, 5.41) is 0. The summed E-state index contributed by atoms with van der Waals surface area (Å²) < 4.78 is 15.6. The van der Waals surface area contributed by atoms with E-state index in [1.165, 1.54) is 22.9 Å². The summed E-state index contributed by atoms with van der Waals surface area (Å²) in [6.07, 6.45) is 3.11. The lowest BCUT2D eigenvalue weighted by atomic mass is 10.1. The molecule has 2 aliphatic rings. The highest BCUT2D eigenvalue weighted by atomic mass is 19.1. The Kier molecular flexibility index (Phi) is 4.24. The van der Waals surface area contributed by atoms with Crippen molar-refractivity contribution in [2.24, 2.45) is 18.4 Å². The fourth-order valence-corrected chi connectivity index (χ4v) is 4.68. The number of carbonyl (C=O) groups is 1. The van der Waals surface area contributed by atoms with Crippen LogP contribution in [-0.4, -0.2) is 51.5 Å². The van der Waals surface area contributed by atoms with Crippen molar-refractivity contribution in [2.45, 2.75) is 26.3 Å². The number of amides is 1. The lowest BCUT2D eigenvalue weighted by molar-refractivity contribution is -0.130. The zero-order chi connectivity index (χ0) is 20.2. The fourth-order valence-electron chi connectivity index (χ4n) is 4.68. The number of rotatable bonds is 4. The molecule has 28 heavy (non-hydrogen) atoms. The van der Waals surface area contributed by atoms with Crippen molar-refractivity contribution in [3.63, 3.8) is 0 Å². The Morgan fingerprint density at radius 1 is 1.46 bits per heavy atom. The van der Waals surface area contributed by atoms with Gasteiger partial charge in [-0.3, -0.25) is 19.1 Å². The normalized spacial score (nSPS) is 25.5. The summed E-state index contributed by atoms with van der Waals surface area (Å²) in [4.78, 5) is 36.8. The molecule has 3 heterocycles. The van der Waals surface area contributed by atoms with Gasteiger partial charge in [-0.05, 0) is 6.07 Å². The van der Waals surface area contributed by atoms with E-state index < -0.39 is 5.82 Å². The Hall–Kier alpha value is -2.77. The van der Waals surface area contributed by atoms with Crippen molar-refractivity contribution < 1.29 is 9.18 Å². The van der Waals surface area contributed by atoms with E-state index in [1.54, 1.807) is 7.05 Å². The highest BCUT2D eigenvalue weighted by Crippen LogP contribution is 2.60. The van der Waals surface area contributed by atoms with Gasteiger partial charge in [-0.15, -0.1) is 0 Å². The standard InChI is InChI=1S/C20H24FN5O2/c1-5-16(27)26-10-13-18(20(13,2)11-26)25(4)19-23-15(8-17(28)24(19)3)12-6-7-22-9-14(12)21/h6-9,13,18H,5,10-11H2,1-4H3/t13-,18-,20-/m1/s1. The average Bonchev–Trinajstić information content (AvgIpc) is 3.08. The topological polar surface area (TPSA) is 71.3 Å². The van der Waals surface area contributed by atoms with Gasteiger partial charge in [0, 0.05) is 68.8 Å². The fraction of sp³-hybridized carbons (Fsp3) is 0.500. The molecule has 1 saturated heterocycles. The number of likely N-dealkylation sites (tertiary alicyclic amines) is 1. The molecule has 0 unspecified atom stereocenters. The molecule has 3 atom stereocenters. The molecule has 1 aliphatic carbocycles. The van der Waals surface area contributed by atoms with Crippen LogP contribution in [0.3, 0.4) is 0 Å². The van der Waals surface area contributed by atoms with Crippen molar-refractivity contribution in [1.29, 1.82) is 0 Å². The quantitative estimate of drug-likeness (QED) is 0.801. The third-order valence-corrected chi connectivity index (χ3v) is 6.29. The van der Waals surface area contributed by atoms with Gasteiger partial charge in [-0.25, -0.2) is 9.37 Å². The van der Waals surface area contributed by atoms with Crippen LogP contribution in [0.15, 0.2) is 29.3 Å². The molecule has 2 aromatic heterocycles. The van der Waals surface area contributed by atoms with E-state index in [0.717, 1.165) is 12.7 Å². The molecule has 1 saturated carbocycles. The molecule has 0 radical (unpaired) electrons.